The summed E-state index contributed by atoms with van der Waals surface area (Å²) in [5, 5.41) is 10.2. The lowest BCUT2D eigenvalue weighted by Crippen LogP contribution is -2.28. The summed E-state index contributed by atoms with van der Waals surface area (Å²) >= 11 is 0. The van der Waals surface area contributed by atoms with E-state index >= 15 is 0 Å². The number of furan rings is 1. The minimum atomic E-state index is -0.295. The molecule has 9 heteroatoms. The third kappa shape index (κ3) is 5.75. The van der Waals surface area contributed by atoms with E-state index in [1.165, 1.54) is 7.11 Å². The molecule has 2 aromatic carbocycles. The van der Waals surface area contributed by atoms with Gasteiger partial charge >= 0.3 is 0 Å². The molecule has 186 valence electrons. The molecule has 2 heterocycles. The average molecular weight is 489 g/mol. The van der Waals surface area contributed by atoms with E-state index in [4.69, 9.17) is 13.9 Å². The number of nitrogens with zero attached hydrogens (tertiary/aromatic N) is 2. The van der Waals surface area contributed by atoms with Crippen LogP contribution in [0.25, 0.3) is 17.1 Å². The van der Waals surface area contributed by atoms with Crippen LogP contribution in [0.1, 0.15) is 28.6 Å². The topological polar surface area (TPSA) is 108 Å². The Labute approximate surface area is 209 Å². The smallest absolute Gasteiger partial charge is 0.257 e. The summed E-state index contributed by atoms with van der Waals surface area (Å²) < 4.78 is 18.4. The van der Waals surface area contributed by atoms with Crippen LogP contribution in [0.3, 0.4) is 0 Å². The zero-order valence-corrected chi connectivity index (χ0v) is 20.4. The van der Waals surface area contributed by atoms with E-state index in [2.05, 4.69) is 15.7 Å². The third-order valence-electron chi connectivity index (χ3n) is 5.37. The van der Waals surface area contributed by atoms with Crippen LogP contribution in [0.5, 0.6) is 11.5 Å². The van der Waals surface area contributed by atoms with Gasteiger partial charge in [0.25, 0.3) is 11.8 Å². The first-order valence-electron chi connectivity index (χ1n) is 11.5. The molecule has 4 aromatic rings. The molecule has 0 aliphatic carbocycles. The molecule has 0 spiro atoms. The van der Waals surface area contributed by atoms with Crippen LogP contribution in [0, 0.1) is 6.92 Å². The van der Waals surface area contributed by atoms with Crippen molar-refractivity contribution in [2.45, 2.75) is 20.4 Å². The standard InChI is InChI=1S/C27H28N4O5/c1-4-28-25(32)17-35-22-13-11-19(14-24(22)34-3)15-29-27(33)21-16-31(20-8-6-5-7-9-20)30-26(21)23-12-10-18(2)36-23/h5-14,16H,4,15,17H2,1-3H3,(H,28,32)(H,29,33). The van der Waals surface area contributed by atoms with Crippen molar-refractivity contribution in [3.8, 4) is 28.6 Å². The molecule has 2 aromatic heterocycles. The number of aryl methyl sites for hydroxylation is 1. The zero-order chi connectivity index (χ0) is 25.5. The Morgan fingerprint density at radius 1 is 1.03 bits per heavy atom. The third-order valence-corrected chi connectivity index (χ3v) is 5.37. The van der Waals surface area contributed by atoms with Gasteiger partial charge in [-0.15, -0.1) is 0 Å². The zero-order valence-electron chi connectivity index (χ0n) is 20.4. The summed E-state index contributed by atoms with van der Waals surface area (Å²) in [6.07, 6.45) is 1.69. The van der Waals surface area contributed by atoms with Crippen LogP contribution in [-0.2, 0) is 11.3 Å². The summed E-state index contributed by atoms with van der Waals surface area (Å²) in [5.41, 5.74) is 2.48. The van der Waals surface area contributed by atoms with E-state index < -0.39 is 0 Å². The van der Waals surface area contributed by atoms with E-state index in [-0.39, 0.29) is 25.0 Å². The van der Waals surface area contributed by atoms with Gasteiger partial charge in [-0.1, -0.05) is 24.3 Å². The molecule has 0 unspecified atom stereocenters. The van der Waals surface area contributed by atoms with Crippen LogP contribution >= 0.6 is 0 Å². The van der Waals surface area contributed by atoms with E-state index in [1.54, 1.807) is 35.1 Å². The number of hydrogen-bond donors (Lipinski definition) is 2. The van der Waals surface area contributed by atoms with Crippen molar-refractivity contribution < 1.29 is 23.5 Å². The van der Waals surface area contributed by atoms with Crippen LogP contribution in [-0.4, -0.2) is 41.9 Å². The van der Waals surface area contributed by atoms with Gasteiger partial charge in [0.1, 0.15) is 11.5 Å². The monoisotopic (exact) mass is 488 g/mol. The molecule has 0 saturated carbocycles. The molecule has 2 amide bonds. The van der Waals surface area contributed by atoms with Gasteiger partial charge in [-0.3, -0.25) is 9.59 Å². The molecule has 0 aliphatic rings. The highest BCUT2D eigenvalue weighted by Gasteiger charge is 2.21. The molecule has 36 heavy (non-hydrogen) atoms. The van der Waals surface area contributed by atoms with E-state index in [0.29, 0.717) is 35.1 Å². The largest absolute Gasteiger partial charge is 0.493 e. The van der Waals surface area contributed by atoms with Crippen LogP contribution in [0.4, 0.5) is 0 Å². The van der Waals surface area contributed by atoms with E-state index in [9.17, 15) is 9.59 Å². The maximum Gasteiger partial charge on any atom is 0.257 e. The minimum Gasteiger partial charge on any atom is -0.493 e. The molecule has 0 atom stereocenters. The number of para-hydroxylation sites is 1. The fourth-order valence-electron chi connectivity index (χ4n) is 3.61. The number of hydrogen-bond acceptors (Lipinski definition) is 6. The Kier molecular flexibility index (Phi) is 7.69. The van der Waals surface area contributed by atoms with Gasteiger partial charge in [0.15, 0.2) is 23.9 Å². The lowest BCUT2D eigenvalue weighted by Gasteiger charge is -2.12. The molecule has 2 N–H and O–H groups in total. The lowest BCUT2D eigenvalue weighted by molar-refractivity contribution is -0.123. The summed E-state index contributed by atoms with van der Waals surface area (Å²) in [5.74, 6) is 1.65. The number of benzene rings is 2. The van der Waals surface area contributed by atoms with Gasteiger partial charge < -0.3 is 24.5 Å². The van der Waals surface area contributed by atoms with Crippen molar-refractivity contribution >= 4 is 11.8 Å². The number of aromatic nitrogens is 2. The van der Waals surface area contributed by atoms with Crippen LogP contribution in [0.2, 0.25) is 0 Å². The highest BCUT2D eigenvalue weighted by Crippen LogP contribution is 2.29. The van der Waals surface area contributed by atoms with Gasteiger partial charge in [0.2, 0.25) is 0 Å². The molecule has 0 radical (unpaired) electrons. The molecule has 4 rings (SSSR count). The number of carbonyl (C=O) groups excluding carboxylic acids is 2. The second kappa shape index (κ2) is 11.3. The van der Waals surface area contributed by atoms with Gasteiger partial charge in [0, 0.05) is 19.3 Å². The molecule has 0 saturated heterocycles. The van der Waals surface area contributed by atoms with Crippen LogP contribution in [0.15, 0.2) is 71.3 Å². The number of methoxy groups -OCH3 is 1. The maximum absolute atomic E-state index is 13.2. The van der Waals surface area contributed by atoms with Gasteiger partial charge in [-0.25, -0.2) is 4.68 Å². The normalized spacial score (nSPS) is 10.6. The van der Waals surface area contributed by atoms with Gasteiger partial charge in [0.05, 0.1) is 18.4 Å². The average Bonchev–Trinajstić information content (AvgIpc) is 3.53. The quantitative estimate of drug-likeness (QED) is 0.351. The second-order valence-electron chi connectivity index (χ2n) is 7.99. The highest BCUT2D eigenvalue weighted by atomic mass is 16.5. The molecule has 9 nitrogen and oxygen atoms in total. The summed E-state index contributed by atoms with van der Waals surface area (Å²) in [6, 6.07) is 18.5. The number of likely N-dealkylation sites (N-methyl/N-ethyl adjacent to an activating group) is 1. The number of rotatable bonds is 10. The minimum absolute atomic E-state index is 0.110. The first-order chi connectivity index (χ1) is 17.5. The van der Waals surface area contributed by atoms with Crippen molar-refractivity contribution in [1.82, 2.24) is 20.4 Å². The number of amides is 2. The van der Waals surface area contributed by atoms with Crippen molar-refractivity contribution in [2.24, 2.45) is 0 Å². The predicted octanol–water partition coefficient (Wildman–Crippen LogP) is 3.89. The molecule has 0 bridgehead atoms. The summed E-state index contributed by atoms with van der Waals surface area (Å²) in [4.78, 5) is 24.9. The first kappa shape index (κ1) is 24.6. The Bertz CT molecular complexity index is 1340. The second-order valence-corrected chi connectivity index (χ2v) is 7.99. The van der Waals surface area contributed by atoms with Gasteiger partial charge in [-0.05, 0) is 55.8 Å². The molecule has 0 aliphatic heterocycles. The number of ether oxygens (including phenoxy) is 2. The summed E-state index contributed by atoms with van der Waals surface area (Å²) in [6.45, 7) is 4.35. The number of carbonyl (C=O) groups is 2. The summed E-state index contributed by atoms with van der Waals surface area (Å²) in [7, 11) is 1.52. The Morgan fingerprint density at radius 2 is 1.83 bits per heavy atom. The first-order valence-corrected chi connectivity index (χ1v) is 11.5. The van der Waals surface area contributed by atoms with E-state index in [1.807, 2.05) is 50.2 Å². The number of nitrogens with one attached hydrogen (secondary N) is 2. The van der Waals surface area contributed by atoms with Crippen LogP contribution < -0.4 is 20.1 Å². The van der Waals surface area contributed by atoms with Crippen molar-refractivity contribution in [1.29, 1.82) is 0 Å². The molecular weight excluding hydrogens is 460 g/mol. The lowest BCUT2D eigenvalue weighted by atomic mass is 10.1. The fraction of sp³-hybridized carbons (Fsp3) is 0.222. The Balaban J connectivity index is 1.51. The molecular formula is C27H28N4O5. The Hall–Kier alpha value is -4.53. The maximum atomic E-state index is 13.2. The highest BCUT2D eigenvalue weighted by molar-refractivity contribution is 5.99. The Morgan fingerprint density at radius 3 is 2.53 bits per heavy atom. The van der Waals surface area contributed by atoms with Gasteiger partial charge in [-0.2, -0.15) is 5.10 Å². The van der Waals surface area contributed by atoms with Crippen molar-refractivity contribution in [2.75, 3.05) is 20.3 Å². The molecule has 0 fully saturated rings. The SMILES string of the molecule is CCNC(=O)COc1ccc(CNC(=O)c2cn(-c3ccccc3)nc2-c2ccc(C)o2)cc1OC. The van der Waals surface area contributed by atoms with E-state index in [0.717, 1.165) is 17.0 Å². The van der Waals surface area contributed by atoms with Crippen molar-refractivity contribution in [3.05, 3.63) is 83.7 Å². The fourth-order valence-corrected chi connectivity index (χ4v) is 3.61. The predicted molar refractivity (Wildman–Crippen MR) is 134 cm³/mol. The van der Waals surface area contributed by atoms with Crippen molar-refractivity contribution in [3.63, 3.8) is 0 Å².